The molecule has 0 spiro atoms. The lowest BCUT2D eigenvalue weighted by Crippen LogP contribution is -2.38. The minimum Gasteiger partial charge on any atom is -0.496 e. The number of nitrogens with zero attached hydrogens (tertiary/aromatic N) is 2. The number of esters is 1. The van der Waals surface area contributed by atoms with Crippen LogP contribution in [0.15, 0.2) is 74.4 Å². The SMILES string of the molecule is CCOC(=O)C1=C(C)N=C2SC=C(CC(=O)NCc3ccco3)N2C1c1ccccc1OC. The minimum absolute atomic E-state index is 0.119. The molecule has 172 valence electrons. The molecule has 2 aliphatic heterocycles. The number of methoxy groups -OCH3 is 1. The molecular formula is C24H25N3O5S. The molecule has 9 heteroatoms. The molecular weight excluding hydrogens is 442 g/mol. The van der Waals surface area contributed by atoms with Crippen molar-refractivity contribution in [3.05, 3.63) is 76.4 Å². The maximum absolute atomic E-state index is 13.0. The monoisotopic (exact) mass is 467 g/mol. The summed E-state index contributed by atoms with van der Waals surface area (Å²) in [5.41, 5.74) is 2.54. The zero-order valence-electron chi connectivity index (χ0n) is 18.7. The normalized spacial score (nSPS) is 17.3. The van der Waals surface area contributed by atoms with Gasteiger partial charge in [0.2, 0.25) is 5.91 Å². The van der Waals surface area contributed by atoms with Crippen LogP contribution in [0.25, 0.3) is 0 Å². The summed E-state index contributed by atoms with van der Waals surface area (Å²) < 4.78 is 16.3. The molecule has 3 heterocycles. The summed E-state index contributed by atoms with van der Waals surface area (Å²) in [6.45, 7) is 4.12. The summed E-state index contributed by atoms with van der Waals surface area (Å²) in [6.07, 6.45) is 1.69. The fourth-order valence-electron chi connectivity index (χ4n) is 3.85. The molecule has 2 aromatic rings. The van der Waals surface area contributed by atoms with Crippen LogP contribution in [0.1, 0.15) is 37.6 Å². The molecule has 1 amide bonds. The number of hydrogen-bond donors (Lipinski definition) is 1. The highest BCUT2D eigenvalue weighted by atomic mass is 32.2. The number of furan rings is 1. The van der Waals surface area contributed by atoms with Crippen molar-refractivity contribution in [2.45, 2.75) is 32.9 Å². The highest BCUT2D eigenvalue weighted by molar-refractivity contribution is 8.16. The van der Waals surface area contributed by atoms with E-state index in [4.69, 9.17) is 13.9 Å². The number of carbonyl (C=O) groups excluding carboxylic acids is 2. The van der Waals surface area contributed by atoms with Crippen molar-refractivity contribution in [3.8, 4) is 5.75 Å². The summed E-state index contributed by atoms with van der Waals surface area (Å²) in [4.78, 5) is 32.3. The van der Waals surface area contributed by atoms with E-state index in [1.165, 1.54) is 11.8 Å². The third kappa shape index (κ3) is 4.68. The second-order valence-electron chi connectivity index (χ2n) is 7.39. The molecule has 0 saturated carbocycles. The number of fused-ring (bicyclic) bond motifs is 1. The van der Waals surface area contributed by atoms with E-state index in [0.717, 1.165) is 11.3 Å². The van der Waals surface area contributed by atoms with E-state index >= 15 is 0 Å². The maximum Gasteiger partial charge on any atom is 0.338 e. The van der Waals surface area contributed by atoms with E-state index in [9.17, 15) is 9.59 Å². The first kappa shape index (κ1) is 22.7. The number of carbonyl (C=O) groups is 2. The van der Waals surface area contributed by atoms with Gasteiger partial charge in [-0.1, -0.05) is 30.0 Å². The Kier molecular flexibility index (Phi) is 6.88. The highest BCUT2D eigenvalue weighted by Gasteiger charge is 2.42. The van der Waals surface area contributed by atoms with Crippen LogP contribution in [-0.4, -0.2) is 35.7 Å². The number of allylic oxidation sites excluding steroid dienone is 1. The molecule has 0 radical (unpaired) electrons. The van der Waals surface area contributed by atoms with Crippen LogP contribution in [0.2, 0.25) is 0 Å². The van der Waals surface area contributed by atoms with E-state index in [1.54, 1.807) is 39.4 Å². The van der Waals surface area contributed by atoms with Crippen LogP contribution >= 0.6 is 11.8 Å². The molecule has 4 rings (SSSR count). The zero-order chi connectivity index (χ0) is 23.4. The van der Waals surface area contributed by atoms with E-state index in [1.807, 2.05) is 34.6 Å². The predicted octanol–water partition coefficient (Wildman–Crippen LogP) is 4.13. The van der Waals surface area contributed by atoms with Crippen LogP contribution in [0.3, 0.4) is 0 Å². The van der Waals surface area contributed by atoms with Gasteiger partial charge in [0.15, 0.2) is 5.17 Å². The standard InChI is InChI=1S/C24H25N3O5S/c1-4-31-23(29)21-15(2)26-24-27(22(21)18-9-5-6-10-19(18)30-3)16(14-33-24)12-20(28)25-13-17-8-7-11-32-17/h5-11,14,22H,4,12-13H2,1-3H3,(H,25,28). The predicted molar refractivity (Wildman–Crippen MR) is 125 cm³/mol. The average molecular weight is 468 g/mol. The van der Waals surface area contributed by atoms with E-state index in [-0.39, 0.29) is 18.9 Å². The van der Waals surface area contributed by atoms with Crippen molar-refractivity contribution in [1.29, 1.82) is 0 Å². The van der Waals surface area contributed by atoms with Crippen molar-refractivity contribution >= 4 is 28.8 Å². The highest BCUT2D eigenvalue weighted by Crippen LogP contribution is 2.46. The van der Waals surface area contributed by atoms with Crippen LogP contribution in [-0.2, 0) is 20.9 Å². The smallest absolute Gasteiger partial charge is 0.338 e. The molecule has 0 aliphatic carbocycles. The Hall–Kier alpha value is -3.46. The van der Waals surface area contributed by atoms with Crippen molar-refractivity contribution in [2.24, 2.45) is 4.99 Å². The van der Waals surface area contributed by atoms with Crippen molar-refractivity contribution in [1.82, 2.24) is 10.2 Å². The van der Waals surface area contributed by atoms with Gasteiger partial charge in [0.1, 0.15) is 11.5 Å². The number of hydrogen-bond acceptors (Lipinski definition) is 8. The molecule has 8 nitrogen and oxygen atoms in total. The van der Waals surface area contributed by atoms with Gasteiger partial charge in [0.25, 0.3) is 0 Å². The number of nitrogens with one attached hydrogen (secondary N) is 1. The first-order valence-electron chi connectivity index (χ1n) is 10.6. The van der Waals surface area contributed by atoms with Gasteiger partial charge < -0.3 is 24.1 Å². The molecule has 0 bridgehead atoms. The van der Waals surface area contributed by atoms with Crippen molar-refractivity contribution in [2.75, 3.05) is 13.7 Å². The summed E-state index contributed by atoms with van der Waals surface area (Å²) >= 11 is 1.42. The summed E-state index contributed by atoms with van der Waals surface area (Å²) in [6, 6.07) is 10.6. The molecule has 0 fully saturated rings. The Morgan fingerprint density at radius 3 is 2.79 bits per heavy atom. The number of amidine groups is 1. The molecule has 1 aromatic carbocycles. The number of thioether (sulfide) groups is 1. The first-order valence-corrected chi connectivity index (χ1v) is 11.4. The Labute approximate surface area is 196 Å². The minimum atomic E-state index is -0.535. The van der Waals surface area contributed by atoms with Gasteiger partial charge in [0, 0.05) is 11.3 Å². The first-order chi connectivity index (χ1) is 16.0. The van der Waals surface area contributed by atoms with Crippen LogP contribution < -0.4 is 10.1 Å². The van der Waals surface area contributed by atoms with Crippen molar-refractivity contribution in [3.63, 3.8) is 0 Å². The lowest BCUT2D eigenvalue weighted by atomic mass is 9.93. The molecule has 1 atom stereocenters. The topological polar surface area (TPSA) is 93.4 Å². The van der Waals surface area contributed by atoms with Gasteiger partial charge in [-0.15, -0.1) is 0 Å². The second kappa shape index (κ2) is 9.99. The Morgan fingerprint density at radius 2 is 2.06 bits per heavy atom. The number of rotatable bonds is 8. The van der Waals surface area contributed by atoms with Gasteiger partial charge in [-0.3, -0.25) is 4.79 Å². The number of para-hydroxylation sites is 1. The second-order valence-corrected chi connectivity index (χ2v) is 8.22. The number of amides is 1. The third-order valence-corrected chi connectivity index (χ3v) is 6.20. The maximum atomic E-state index is 13.0. The Balaban J connectivity index is 1.66. The average Bonchev–Trinajstić information content (AvgIpc) is 3.47. The Morgan fingerprint density at radius 1 is 1.24 bits per heavy atom. The molecule has 1 N–H and O–H groups in total. The Bertz CT molecular complexity index is 1140. The molecule has 1 aromatic heterocycles. The number of ether oxygens (including phenoxy) is 2. The number of aliphatic imine (C=N–C) groups is 1. The van der Waals surface area contributed by atoms with Crippen molar-refractivity contribution < 1.29 is 23.5 Å². The summed E-state index contributed by atoms with van der Waals surface area (Å²) in [5.74, 6) is 0.708. The lowest BCUT2D eigenvalue weighted by Gasteiger charge is -2.36. The number of benzene rings is 1. The fourth-order valence-corrected chi connectivity index (χ4v) is 4.82. The van der Waals surface area contributed by atoms with Gasteiger partial charge in [-0.2, -0.15) is 0 Å². The summed E-state index contributed by atoms with van der Waals surface area (Å²) in [5, 5.41) is 5.47. The lowest BCUT2D eigenvalue weighted by molar-refractivity contribution is -0.139. The molecule has 2 aliphatic rings. The molecule has 0 saturated heterocycles. The quantitative estimate of drug-likeness (QED) is 0.584. The molecule has 1 unspecified atom stereocenters. The fraction of sp³-hybridized carbons (Fsp3) is 0.292. The van der Waals surface area contributed by atoms with E-state index < -0.39 is 12.0 Å². The van der Waals surface area contributed by atoms with Crippen LogP contribution in [0.4, 0.5) is 0 Å². The van der Waals surface area contributed by atoms with Gasteiger partial charge in [-0.05, 0) is 37.5 Å². The van der Waals surface area contributed by atoms with Gasteiger partial charge >= 0.3 is 5.97 Å². The van der Waals surface area contributed by atoms with Crippen LogP contribution in [0, 0.1) is 0 Å². The van der Waals surface area contributed by atoms with E-state index in [2.05, 4.69) is 10.3 Å². The molecule has 33 heavy (non-hydrogen) atoms. The largest absolute Gasteiger partial charge is 0.496 e. The van der Waals surface area contributed by atoms with Gasteiger partial charge in [0.05, 0.1) is 50.3 Å². The van der Waals surface area contributed by atoms with E-state index in [0.29, 0.717) is 34.5 Å². The van der Waals surface area contributed by atoms with Gasteiger partial charge in [-0.25, -0.2) is 9.79 Å². The third-order valence-electron chi connectivity index (χ3n) is 5.31. The zero-order valence-corrected chi connectivity index (χ0v) is 19.5. The van der Waals surface area contributed by atoms with Crippen LogP contribution in [0.5, 0.6) is 5.75 Å². The summed E-state index contributed by atoms with van der Waals surface area (Å²) in [7, 11) is 1.59.